The number of ether oxygens (including phenoxy) is 2. The molecule has 1 aliphatic rings. The van der Waals surface area contributed by atoms with Gasteiger partial charge in [0.1, 0.15) is 24.7 Å². The zero-order chi connectivity index (χ0) is 17.5. The maximum Gasteiger partial charge on any atom is 0.237 e. The van der Waals surface area contributed by atoms with Crippen LogP contribution >= 0.6 is 0 Å². The van der Waals surface area contributed by atoms with Gasteiger partial charge in [-0.1, -0.05) is 30.3 Å². The number of rotatable bonds is 8. The Bertz CT molecular complexity index is 703. The van der Waals surface area contributed by atoms with Gasteiger partial charge in [0.05, 0.1) is 6.04 Å². The molecule has 1 saturated heterocycles. The maximum absolute atomic E-state index is 11.6. The fraction of sp³-hybridized carbons (Fsp3) is 0.350. The Labute approximate surface area is 148 Å². The fourth-order valence-electron chi connectivity index (χ4n) is 2.84. The summed E-state index contributed by atoms with van der Waals surface area (Å²) in [5.74, 6) is 1.80. The fourth-order valence-corrected chi connectivity index (χ4v) is 2.84. The lowest BCUT2D eigenvalue weighted by molar-refractivity contribution is -0.120. The zero-order valence-electron chi connectivity index (χ0n) is 14.5. The van der Waals surface area contributed by atoms with Gasteiger partial charge in [0.2, 0.25) is 5.91 Å². The van der Waals surface area contributed by atoms with Crippen molar-refractivity contribution in [1.82, 2.24) is 10.6 Å². The Balaban J connectivity index is 1.44. The molecule has 0 aliphatic carbocycles. The van der Waals surface area contributed by atoms with E-state index in [0.29, 0.717) is 19.8 Å². The summed E-state index contributed by atoms with van der Waals surface area (Å²) in [4.78, 5) is 11.6. The SMILES string of the molecule is Cc1cc(CNC2CCNC2=O)ccc1OCCOc1ccccc1. The van der Waals surface area contributed by atoms with Gasteiger partial charge in [0.15, 0.2) is 0 Å². The summed E-state index contributed by atoms with van der Waals surface area (Å²) in [5, 5.41) is 6.13. The summed E-state index contributed by atoms with van der Waals surface area (Å²) >= 11 is 0. The maximum atomic E-state index is 11.6. The molecule has 1 fully saturated rings. The van der Waals surface area contributed by atoms with Crippen molar-refractivity contribution in [2.45, 2.75) is 25.9 Å². The highest BCUT2D eigenvalue weighted by Crippen LogP contribution is 2.19. The quantitative estimate of drug-likeness (QED) is 0.725. The molecule has 3 rings (SSSR count). The van der Waals surface area contributed by atoms with Gasteiger partial charge in [-0.2, -0.15) is 0 Å². The van der Waals surface area contributed by atoms with Crippen molar-refractivity contribution < 1.29 is 14.3 Å². The summed E-state index contributed by atoms with van der Waals surface area (Å²) in [5.41, 5.74) is 2.22. The molecule has 0 aromatic heterocycles. The number of carbonyl (C=O) groups excluding carboxylic acids is 1. The topological polar surface area (TPSA) is 59.6 Å². The van der Waals surface area contributed by atoms with Gasteiger partial charge in [-0.25, -0.2) is 0 Å². The van der Waals surface area contributed by atoms with Crippen LogP contribution in [0.4, 0.5) is 0 Å². The van der Waals surface area contributed by atoms with E-state index < -0.39 is 0 Å². The van der Waals surface area contributed by atoms with E-state index in [0.717, 1.165) is 35.6 Å². The average Bonchev–Trinajstić information content (AvgIpc) is 3.04. The van der Waals surface area contributed by atoms with Crippen LogP contribution < -0.4 is 20.1 Å². The Morgan fingerprint density at radius 3 is 2.64 bits per heavy atom. The van der Waals surface area contributed by atoms with Crippen molar-refractivity contribution in [1.29, 1.82) is 0 Å². The predicted molar refractivity (Wildman–Crippen MR) is 96.9 cm³/mol. The summed E-state index contributed by atoms with van der Waals surface area (Å²) in [7, 11) is 0. The van der Waals surface area contributed by atoms with Crippen LogP contribution in [-0.2, 0) is 11.3 Å². The van der Waals surface area contributed by atoms with Crippen LogP contribution in [0.25, 0.3) is 0 Å². The second kappa shape index (κ2) is 8.53. The molecular weight excluding hydrogens is 316 g/mol. The minimum Gasteiger partial charge on any atom is -0.490 e. The standard InChI is InChI=1S/C20H24N2O3/c1-15-13-16(14-22-18-9-10-21-20(18)23)7-8-19(15)25-12-11-24-17-5-3-2-4-6-17/h2-8,13,18,22H,9-12,14H2,1H3,(H,21,23). The number of amides is 1. The first-order valence-electron chi connectivity index (χ1n) is 8.63. The van der Waals surface area contributed by atoms with Gasteiger partial charge in [0, 0.05) is 13.1 Å². The number of aryl methyl sites for hydroxylation is 1. The summed E-state index contributed by atoms with van der Waals surface area (Å²) in [6.07, 6.45) is 0.848. The van der Waals surface area contributed by atoms with E-state index in [1.165, 1.54) is 0 Å². The van der Waals surface area contributed by atoms with E-state index in [9.17, 15) is 4.79 Å². The first kappa shape index (κ1) is 17.3. The van der Waals surface area contributed by atoms with Crippen LogP contribution in [0.1, 0.15) is 17.5 Å². The number of hydrogen-bond acceptors (Lipinski definition) is 4. The highest BCUT2D eigenvalue weighted by molar-refractivity contribution is 5.83. The Hall–Kier alpha value is -2.53. The van der Waals surface area contributed by atoms with E-state index in [1.807, 2.05) is 49.4 Å². The molecule has 25 heavy (non-hydrogen) atoms. The highest BCUT2D eigenvalue weighted by Gasteiger charge is 2.22. The number of benzene rings is 2. The Kier molecular flexibility index (Phi) is 5.90. The average molecular weight is 340 g/mol. The van der Waals surface area contributed by atoms with Crippen molar-refractivity contribution in [2.75, 3.05) is 19.8 Å². The third-order valence-electron chi connectivity index (χ3n) is 4.19. The van der Waals surface area contributed by atoms with Crippen LogP contribution in [-0.4, -0.2) is 31.7 Å². The van der Waals surface area contributed by atoms with E-state index in [1.54, 1.807) is 0 Å². The second-order valence-corrected chi connectivity index (χ2v) is 6.12. The predicted octanol–water partition coefficient (Wildman–Crippen LogP) is 2.43. The van der Waals surface area contributed by atoms with Crippen LogP contribution in [0.15, 0.2) is 48.5 Å². The largest absolute Gasteiger partial charge is 0.490 e. The van der Waals surface area contributed by atoms with Crippen molar-refractivity contribution in [3.8, 4) is 11.5 Å². The monoisotopic (exact) mass is 340 g/mol. The smallest absolute Gasteiger partial charge is 0.237 e. The van der Waals surface area contributed by atoms with Gasteiger partial charge in [0.25, 0.3) is 0 Å². The molecule has 2 aromatic carbocycles. The van der Waals surface area contributed by atoms with E-state index in [-0.39, 0.29) is 11.9 Å². The first-order chi connectivity index (χ1) is 12.2. The molecule has 5 nitrogen and oxygen atoms in total. The lowest BCUT2D eigenvalue weighted by Gasteiger charge is -2.13. The lowest BCUT2D eigenvalue weighted by atomic mass is 10.1. The molecule has 1 aliphatic heterocycles. The van der Waals surface area contributed by atoms with E-state index >= 15 is 0 Å². The lowest BCUT2D eigenvalue weighted by Crippen LogP contribution is -2.35. The van der Waals surface area contributed by atoms with Crippen LogP contribution in [0.3, 0.4) is 0 Å². The third kappa shape index (κ3) is 4.97. The third-order valence-corrected chi connectivity index (χ3v) is 4.19. The molecule has 0 bridgehead atoms. The van der Waals surface area contributed by atoms with E-state index in [2.05, 4.69) is 16.7 Å². The highest BCUT2D eigenvalue weighted by atomic mass is 16.5. The van der Waals surface area contributed by atoms with Crippen molar-refractivity contribution in [3.05, 3.63) is 59.7 Å². The molecule has 2 aromatic rings. The van der Waals surface area contributed by atoms with Crippen LogP contribution in [0.2, 0.25) is 0 Å². The summed E-state index contributed by atoms with van der Waals surface area (Å²) in [6, 6.07) is 15.7. The molecule has 0 spiro atoms. The Morgan fingerprint density at radius 1 is 1.12 bits per heavy atom. The molecule has 1 heterocycles. The summed E-state index contributed by atoms with van der Waals surface area (Å²) < 4.78 is 11.4. The number of hydrogen-bond donors (Lipinski definition) is 2. The molecule has 1 unspecified atom stereocenters. The van der Waals surface area contributed by atoms with Crippen LogP contribution in [0, 0.1) is 6.92 Å². The van der Waals surface area contributed by atoms with Gasteiger partial charge < -0.3 is 20.1 Å². The molecule has 0 radical (unpaired) electrons. The molecule has 132 valence electrons. The second-order valence-electron chi connectivity index (χ2n) is 6.12. The van der Waals surface area contributed by atoms with Gasteiger partial charge in [-0.3, -0.25) is 4.79 Å². The molecule has 1 amide bonds. The number of nitrogens with one attached hydrogen (secondary N) is 2. The number of carbonyl (C=O) groups is 1. The van der Waals surface area contributed by atoms with Gasteiger partial charge in [-0.15, -0.1) is 0 Å². The molecule has 1 atom stereocenters. The van der Waals surface area contributed by atoms with Gasteiger partial charge in [-0.05, 0) is 42.7 Å². The Morgan fingerprint density at radius 2 is 1.92 bits per heavy atom. The minimum atomic E-state index is -0.0774. The molecule has 2 N–H and O–H groups in total. The molecular formula is C20H24N2O3. The first-order valence-corrected chi connectivity index (χ1v) is 8.63. The molecule has 0 saturated carbocycles. The minimum absolute atomic E-state index is 0.0774. The van der Waals surface area contributed by atoms with Crippen LogP contribution in [0.5, 0.6) is 11.5 Å². The summed E-state index contributed by atoms with van der Waals surface area (Å²) in [6.45, 7) is 4.46. The van der Waals surface area contributed by atoms with Crippen molar-refractivity contribution >= 4 is 5.91 Å². The van der Waals surface area contributed by atoms with Crippen molar-refractivity contribution in [2.24, 2.45) is 0 Å². The normalized spacial score (nSPS) is 16.5. The van der Waals surface area contributed by atoms with Crippen molar-refractivity contribution in [3.63, 3.8) is 0 Å². The number of para-hydroxylation sites is 1. The zero-order valence-corrected chi connectivity index (χ0v) is 14.5. The molecule has 5 heteroatoms. The van der Waals surface area contributed by atoms with E-state index in [4.69, 9.17) is 9.47 Å². The van der Waals surface area contributed by atoms with Gasteiger partial charge >= 0.3 is 0 Å².